The molecule has 1 saturated carbocycles. The van der Waals surface area contributed by atoms with Crippen LogP contribution in [0, 0.1) is 10.1 Å². The average molecular weight is 310 g/mol. The molecule has 1 aromatic rings. The Kier molecular flexibility index (Phi) is 5.06. The van der Waals surface area contributed by atoms with E-state index >= 15 is 0 Å². The van der Waals surface area contributed by atoms with Gasteiger partial charge in [0.05, 0.1) is 4.92 Å². The molecule has 1 aliphatic rings. The minimum absolute atomic E-state index is 0.0330. The van der Waals surface area contributed by atoms with E-state index in [1.54, 1.807) is 11.8 Å². The van der Waals surface area contributed by atoms with Gasteiger partial charge in [0.15, 0.2) is 0 Å². The Morgan fingerprint density at radius 3 is 2.90 bits per heavy atom. The highest BCUT2D eigenvalue weighted by Crippen LogP contribution is 2.28. The zero-order valence-corrected chi connectivity index (χ0v) is 12.6. The number of amides is 1. The van der Waals surface area contributed by atoms with Gasteiger partial charge in [-0.05, 0) is 37.7 Å². The van der Waals surface area contributed by atoms with Gasteiger partial charge in [-0.25, -0.2) is 0 Å². The normalized spacial score (nSPS) is 21.8. The SMILES string of the molecule is CSC1CCCC(NC(=O)c2cc(O)ccc2[N+](=O)[O-])C1. The molecule has 2 unspecified atom stereocenters. The zero-order chi connectivity index (χ0) is 15.4. The van der Waals surface area contributed by atoms with E-state index < -0.39 is 10.8 Å². The molecule has 0 bridgehead atoms. The molecule has 7 heteroatoms. The first-order valence-electron chi connectivity index (χ1n) is 6.82. The number of phenols is 1. The fourth-order valence-corrected chi connectivity index (χ4v) is 3.45. The number of thioether (sulfide) groups is 1. The highest BCUT2D eigenvalue weighted by molar-refractivity contribution is 7.99. The number of hydrogen-bond donors (Lipinski definition) is 2. The van der Waals surface area contributed by atoms with Gasteiger partial charge in [-0.2, -0.15) is 11.8 Å². The molecular weight excluding hydrogens is 292 g/mol. The molecule has 0 aliphatic heterocycles. The summed E-state index contributed by atoms with van der Waals surface area (Å²) in [4.78, 5) is 22.6. The summed E-state index contributed by atoms with van der Waals surface area (Å²) >= 11 is 1.78. The van der Waals surface area contributed by atoms with Crippen molar-refractivity contribution in [3.8, 4) is 5.75 Å². The summed E-state index contributed by atoms with van der Waals surface area (Å²) in [6, 6.07) is 3.53. The number of nitrogens with zero attached hydrogens (tertiary/aromatic N) is 1. The monoisotopic (exact) mass is 310 g/mol. The summed E-state index contributed by atoms with van der Waals surface area (Å²) < 4.78 is 0. The average Bonchev–Trinajstić information content (AvgIpc) is 2.47. The van der Waals surface area contributed by atoms with Crippen molar-refractivity contribution in [3.05, 3.63) is 33.9 Å². The topological polar surface area (TPSA) is 92.5 Å². The highest BCUT2D eigenvalue weighted by Gasteiger charge is 2.26. The summed E-state index contributed by atoms with van der Waals surface area (Å²) in [5, 5.41) is 23.8. The number of nitro groups is 1. The maximum atomic E-state index is 12.3. The number of nitro benzene ring substituents is 1. The lowest BCUT2D eigenvalue weighted by Gasteiger charge is -2.28. The third kappa shape index (κ3) is 3.87. The molecule has 0 radical (unpaired) electrons. The number of aromatic hydroxyl groups is 1. The number of nitrogens with one attached hydrogen (secondary N) is 1. The summed E-state index contributed by atoms with van der Waals surface area (Å²) in [5.41, 5.74) is -0.381. The van der Waals surface area contributed by atoms with E-state index in [0.29, 0.717) is 5.25 Å². The fraction of sp³-hybridized carbons (Fsp3) is 0.500. The Bertz CT molecular complexity index is 550. The van der Waals surface area contributed by atoms with Crippen molar-refractivity contribution in [1.29, 1.82) is 0 Å². The number of carbonyl (C=O) groups is 1. The Labute approximate surface area is 127 Å². The summed E-state index contributed by atoms with van der Waals surface area (Å²) in [6.45, 7) is 0. The molecule has 21 heavy (non-hydrogen) atoms. The van der Waals surface area contributed by atoms with Crippen LogP contribution in [0.3, 0.4) is 0 Å². The molecule has 0 spiro atoms. The molecule has 1 amide bonds. The van der Waals surface area contributed by atoms with Crippen LogP contribution in [0.4, 0.5) is 5.69 Å². The van der Waals surface area contributed by atoms with Crippen LogP contribution in [0.1, 0.15) is 36.0 Å². The molecule has 1 aromatic carbocycles. The number of rotatable bonds is 4. The van der Waals surface area contributed by atoms with Crippen molar-refractivity contribution >= 4 is 23.4 Å². The molecule has 6 nitrogen and oxygen atoms in total. The molecule has 2 rings (SSSR count). The minimum atomic E-state index is -0.611. The van der Waals surface area contributed by atoms with E-state index in [-0.39, 0.29) is 23.0 Å². The van der Waals surface area contributed by atoms with Crippen LogP contribution in [0.15, 0.2) is 18.2 Å². The van der Waals surface area contributed by atoms with Gasteiger partial charge in [-0.3, -0.25) is 14.9 Å². The van der Waals surface area contributed by atoms with Crippen LogP contribution in [0.25, 0.3) is 0 Å². The highest BCUT2D eigenvalue weighted by atomic mass is 32.2. The first-order chi connectivity index (χ1) is 10.0. The summed E-state index contributed by atoms with van der Waals surface area (Å²) in [6.07, 6.45) is 5.99. The first-order valence-corrected chi connectivity index (χ1v) is 8.11. The molecule has 1 aliphatic carbocycles. The molecule has 114 valence electrons. The van der Waals surface area contributed by atoms with E-state index in [1.165, 1.54) is 6.07 Å². The predicted molar refractivity (Wildman–Crippen MR) is 81.8 cm³/mol. The lowest BCUT2D eigenvalue weighted by atomic mass is 9.94. The van der Waals surface area contributed by atoms with Crippen molar-refractivity contribution < 1.29 is 14.8 Å². The van der Waals surface area contributed by atoms with Crippen LogP contribution in [-0.2, 0) is 0 Å². The van der Waals surface area contributed by atoms with E-state index in [1.807, 2.05) is 0 Å². The van der Waals surface area contributed by atoms with Crippen molar-refractivity contribution in [2.75, 3.05) is 6.26 Å². The van der Waals surface area contributed by atoms with Gasteiger partial charge < -0.3 is 10.4 Å². The van der Waals surface area contributed by atoms with Crippen LogP contribution in [-0.4, -0.2) is 33.5 Å². The Balaban J connectivity index is 2.13. The number of benzene rings is 1. The largest absolute Gasteiger partial charge is 0.508 e. The van der Waals surface area contributed by atoms with Crippen molar-refractivity contribution in [1.82, 2.24) is 5.32 Å². The number of carbonyl (C=O) groups excluding carboxylic acids is 1. The third-order valence-corrected chi connectivity index (χ3v) is 4.81. The van der Waals surface area contributed by atoms with Gasteiger partial charge >= 0.3 is 0 Å². The first kappa shape index (κ1) is 15.6. The van der Waals surface area contributed by atoms with Crippen LogP contribution in [0.5, 0.6) is 5.75 Å². The van der Waals surface area contributed by atoms with E-state index in [4.69, 9.17) is 0 Å². The van der Waals surface area contributed by atoms with Gasteiger partial charge in [0.2, 0.25) is 0 Å². The van der Waals surface area contributed by atoms with Crippen molar-refractivity contribution in [2.45, 2.75) is 37.0 Å². The van der Waals surface area contributed by atoms with E-state index in [2.05, 4.69) is 11.6 Å². The van der Waals surface area contributed by atoms with Gasteiger partial charge in [0.25, 0.3) is 11.6 Å². The molecule has 1 fully saturated rings. The standard InChI is InChI=1S/C14H18N2O4S/c1-21-11-4-2-3-9(7-11)15-14(18)12-8-10(17)5-6-13(12)16(19)20/h5-6,8-9,11,17H,2-4,7H2,1H3,(H,15,18). The second kappa shape index (κ2) is 6.80. The second-order valence-electron chi connectivity index (χ2n) is 5.15. The predicted octanol–water partition coefficient (Wildman–Crippen LogP) is 2.70. The molecule has 2 atom stereocenters. The van der Waals surface area contributed by atoms with E-state index in [9.17, 15) is 20.0 Å². The Morgan fingerprint density at radius 1 is 1.48 bits per heavy atom. The molecule has 0 saturated heterocycles. The van der Waals surface area contributed by atoms with Crippen molar-refractivity contribution in [2.24, 2.45) is 0 Å². The molecule has 0 heterocycles. The lowest BCUT2D eigenvalue weighted by molar-refractivity contribution is -0.385. The van der Waals surface area contributed by atoms with Crippen LogP contribution < -0.4 is 5.32 Å². The smallest absolute Gasteiger partial charge is 0.282 e. The molecule has 0 aromatic heterocycles. The molecule has 2 N–H and O–H groups in total. The Morgan fingerprint density at radius 2 is 2.24 bits per heavy atom. The fourth-order valence-electron chi connectivity index (χ4n) is 2.62. The van der Waals surface area contributed by atoms with Gasteiger partial charge in [-0.15, -0.1) is 0 Å². The number of hydrogen-bond acceptors (Lipinski definition) is 5. The second-order valence-corrected chi connectivity index (χ2v) is 6.29. The van der Waals surface area contributed by atoms with E-state index in [0.717, 1.165) is 37.8 Å². The molecular formula is C14H18N2O4S. The maximum absolute atomic E-state index is 12.3. The maximum Gasteiger partial charge on any atom is 0.282 e. The van der Waals surface area contributed by atoms with Crippen molar-refractivity contribution in [3.63, 3.8) is 0 Å². The summed E-state index contributed by atoms with van der Waals surface area (Å²) in [5.74, 6) is -0.652. The third-order valence-electron chi connectivity index (χ3n) is 3.72. The summed E-state index contributed by atoms with van der Waals surface area (Å²) in [7, 11) is 0. The van der Waals surface area contributed by atoms with Gasteiger partial charge in [0.1, 0.15) is 11.3 Å². The number of phenolic OH excluding ortho intramolecular Hbond substituents is 1. The van der Waals surface area contributed by atoms with Gasteiger partial charge in [-0.1, -0.05) is 6.42 Å². The van der Waals surface area contributed by atoms with Crippen LogP contribution in [0.2, 0.25) is 0 Å². The van der Waals surface area contributed by atoms with Gasteiger partial charge in [0, 0.05) is 17.4 Å². The quantitative estimate of drug-likeness (QED) is 0.659. The lowest BCUT2D eigenvalue weighted by Crippen LogP contribution is -2.39. The Hall–Kier alpha value is -1.76. The van der Waals surface area contributed by atoms with Crippen LogP contribution >= 0.6 is 11.8 Å². The minimum Gasteiger partial charge on any atom is -0.508 e. The zero-order valence-electron chi connectivity index (χ0n) is 11.7.